The van der Waals surface area contributed by atoms with Gasteiger partial charge in [0.05, 0.1) is 19.4 Å². The van der Waals surface area contributed by atoms with Gasteiger partial charge in [-0.2, -0.15) is 5.10 Å². The maximum atomic E-state index is 12.7. The molecule has 1 N–H and O–H groups in total. The molecule has 1 amide bonds. The molecule has 1 aliphatic rings. The monoisotopic (exact) mass is 248 g/mol. The second-order valence-corrected chi connectivity index (χ2v) is 3.83. The normalized spacial score (nSPS) is 15.5. The van der Waals surface area contributed by atoms with Crippen molar-refractivity contribution in [1.29, 1.82) is 0 Å². The molecule has 18 heavy (non-hydrogen) atoms. The number of hydrazone groups is 1. The molecule has 0 saturated carbocycles. The van der Waals surface area contributed by atoms with E-state index in [2.05, 4.69) is 10.5 Å². The van der Waals surface area contributed by atoms with E-state index in [9.17, 15) is 9.18 Å². The molecule has 0 fully saturated rings. The predicted molar refractivity (Wildman–Crippen MR) is 65.9 cm³/mol. The number of halogens is 1. The molecule has 1 aromatic carbocycles. The summed E-state index contributed by atoms with van der Waals surface area (Å²) in [6.07, 6.45) is 4.42. The number of rotatable bonds is 3. The minimum absolute atomic E-state index is 0.363. The highest BCUT2D eigenvalue weighted by atomic mass is 19.1. The van der Waals surface area contributed by atoms with Gasteiger partial charge in [0.25, 0.3) is 5.91 Å². The summed E-state index contributed by atoms with van der Waals surface area (Å²) in [6.45, 7) is 1.23. The average molecular weight is 248 g/mol. The van der Waals surface area contributed by atoms with Gasteiger partial charge in [0.2, 0.25) is 0 Å². The molecule has 1 heterocycles. The van der Waals surface area contributed by atoms with Gasteiger partial charge >= 0.3 is 0 Å². The molecule has 4 nitrogen and oxygen atoms in total. The van der Waals surface area contributed by atoms with Crippen LogP contribution in [0.1, 0.15) is 16.8 Å². The third kappa shape index (κ3) is 3.49. The molecule has 0 aliphatic carbocycles. The minimum Gasteiger partial charge on any atom is -0.376 e. The first-order valence-corrected chi connectivity index (χ1v) is 5.61. The molecule has 1 aliphatic heterocycles. The van der Waals surface area contributed by atoms with E-state index in [4.69, 9.17) is 4.74 Å². The molecule has 94 valence electrons. The minimum atomic E-state index is -0.375. The molecule has 1 aromatic rings. The van der Waals surface area contributed by atoms with Crippen LogP contribution < -0.4 is 5.43 Å². The summed E-state index contributed by atoms with van der Waals surface area (Å²) in [5, 5.41) is 3.83. The number of amides is 1. The van der Waals surface area contributed by atoms with Crippen molar-refractivity contribution >= 4 is 12.1 Å². The number of nitrogens with one attached hydrogen (secondary N) is 1. The fraction of sp³-hybridized carbons (Fsp3) is 0.231. The van der Waals surface area contributed by atoms with Crippen LogP contribution in [-0.4, -0.2) is 25.3 Å². The SMILES string of the molecule is O=C(NN=CC1=CCCOC1)c1ccc(F)cc1. The third-order valence-corrected chi connectivity index (χ3v) is 2.44. The summed E-state index contributed by atoms with van der Waals surface area (Å²) >= 11 is 0. The van der Waals surface area contributed by atoms with Crippen molar-refractivity contribution in [2.45, 2.75) is 6.42 Å². The van der Waals surface area contributed by atoms with Gasteiger partial charge in [-0.15, -0.1) is 0 Å². The van der Waals surface area contributed by atoms with Gasteiger partial charge in [0.1, 0.15) is 5.82 Å². The van der Waals surface area contributed by atoms with Gasteiger partial charge in [-0.3, -0.25) is 4.79 Å². The summed E-state index contributed by atoms with van der Waals surface area (Å²) < 4.78 is 17.9. The van der Waals surface area contributed by atoms with Gasteiger partial charge in [-0.1, -0.05) is 6.08 Å². The number of ether oxygens (including phenoxy) is 1. The number of benzene rings is 1. The van der Waals surface area contributed by atoms with E-state index in [1.165, 1.54) is 24.3 Å². The second kappa shape index (κ2) is 6.07. The number of carbonyl (C=O) groups is 1. The standard InChI is InChI=1S/C13H13FN2O2/c14-12-5-3-11(4-6-12)13(17)16-15-8-10-2-1-7-18-9-10/h2-6,8H,1,7,9H2,(H,16,17). The molecule has 0 bridgehead atoms. The van der Waals surface area contributed by atoms with Crippen molar-refractivity contribution in [1.82, 2.24) is 5.43 Å². The fourth-order valence-electron chi connectivity index (χ4n) is 1.51. The largest absolute Gasteiger partial charge is 0.376 e. The lowest BCUT2D eigenvalue weighted by Crippen LogP contribution is -2.18. The average Bonchev–Trinajstić information content (AvgIpc) is 2.40. The summed E-state index contributed by atoms with van der Waals surface area (Å²) in [4.78, 5) is 11.6. The first kappa shape index (κ1) is 12.4. The molecular formula is C13H13FN2O2. The van der Waals surface area contributed by atoms with E-state index in [0.29, 0.717) is 12.2 Å². The Bertz CT molecular complexity index is 480. The zero-order valence-electron chi connectivity index (χ0n) is 9.73. The first-order chi connectivity index (χ1) is 8.75. The van der Waals surface area contributed by atoms with E-state index in [-0.39, 0.29) is 11.7 Å². The maximum Gasteiger partial charge on any atom is 0.271 e. The molecule has 0 aromatic heterocycles. The molecule has 0 spiro atoms. The van der Waals surface area contributed by atoms with Crippen LogP contribution in [0.15, 0.2) is 41.0 Å². The Balaban J connectivity index is 1.89. The highest BCUT2D eigenvalue weighted by Gasteiger charge is 2.04. The Hall–Kier alpha value is -2.01. The Morgan fingerprint density at radius 1 is 1.39 bits per heavy atom. The first-order valence-electron chi connectivity index (χ1n) is 5.61. The lowest BCUT2D eigenvalue weighted by Gasteiger charge is -2.09. The quantitative estimate of drug-likeness (QED) is 0.656. The van der Waals surface area contributed by atoms with Crippen LogP contribution in [0.3, 0.4) is 0 Å². The summed E-state index contributed by atoms with van der Waals surface area (Å²) in [7, 11) is 0. The van der Waals surface area contributed by atoms with E-state index in [1.54, 1.807) is 6.21 Å². The molecule has 0 unspecified atom stereocenters. The zero-order chi connectivity index (χ0) is 12.8. The number of nitrogens with zero attached hydrogens (tertiary/aromatic N) is 1. The van der Waals surface area contributed by atoms with Gasteiger partial charge < -0.3 is 4.74 Å². The maximum absolute atomic E-state index is 12.7. The van der Waals surface area contributed by atoms with Crippen molar-refractivity contribution < 1.29 is 13.9 Å². The summed E-state index contributed by atoms with van der Waals surface area (Å²) in [5.41, 5.74) is 3.67. The fourth-order valence-corrected chi connectivity index (χ4v) is 1.51. The van der Waals surface area contributed by atoms with Gasteiger partial charge in [-0.25, -0.2) is 9.82 Å². The smallest absolute Gasteiger partial charge is 0.271 e. The number of carbonyl (C=O) groups excluding carboxylic acids is 1. The van der Waals surface area contributed by atoms with E-state index >= 15 is 0 Å². The van der Waals surface area contributed by atoms with E-state index in [1.807, 2.05) is 6.08 Å². The molecular weight excluding hydrogens is 235 g/mol. The lowest BCUT2D eigenvalue weighted by atomic mass is 10.2. The van der Waals surface area contributed by atoms with Gasteiger partial charge in [-0.05, 0) is 36.3 Å². The Morgan fingerprint density at radius 3 is 2.83 bits per heavy atom. The Kier molecular flexibility index (Phi) is 4.20. The topological polar surface area (TPSA) is 50.7 Å². The van der Waals surface area contributed by atoms with Crippen LogP contribution in [0, 0.1) is 5.82 Å². The van der Waals surface area contributed by atoms with Crippen LogP contribution in [0.2, 0.25) is 0 Å². The molecule has 2 rings (SSSR count). The molecule has 0 radical (unpaired) electrons. The van der Waals surface area contributed by atoms with Crippen LogP contribution >= 0.6 is 0 Å². The summed E-state index contributed by atoms with van der Waals surface area (Å²) in [6, 6.07) is 5.28. The highest BCUT2D eigenvalue weighted by molar-refractivity contribution is 5.94. The van der Waals surface area contributed by atoms with Crippen molar-refractivity contribution in [2.75, 3.05) is 13.2 Å². The lowest BCUT2D eigenvalue weighted by molar-refractivity contribution is 0.0955. The van der Waals surface area contributed by atoms with E-state index < -0.39 is 0 Å². The Labute approximate surface area is 104 Å². The van der Waals surface area contributed by atoms with Gasteiger partial charge in [0, 0.05) is 5.56 Å². The van der Waals surface area contributed by atoms with Crippen LogP contribution in [0.25, 0.3) is 0 Å². The van der Waals surface area contributed by atoms with Crippen LogP contribution in [0.4, 0.5) is 4.39 Å². The van der Waals surface area contributed by atoms with E-state index in [0.717, 1.165) is 18.6 Å². The van der Waals surface area contributed by atoms with Crippen LogP contribution in [-0.2, 0) is 4.74 Å². The highest BCUT2D eigenvalue weighted by Crippen LogP contribution is 2.04. The van der Waals surface area contributed by atoms with Crippen molar-refractivity contribution in [3.05, 3.63) is 47.3 Å². The number of hydrogen-bond donors (Lipinski definition) is 1. The molecule has 0 saturated heterocycles. The third-order valence-electron chi connectivity index (χ3n) is 2.44. The van der Waals surface area contributed by atoms with Crippen molar-refractivity contribution in [3.63, 3.8) is 0 Å². The molecule has 0 atom stereocenters. The van der Waals surface area contributed by atoms with Crippen molar-refractivity contribution in [2.24, 2.45) is 5.10 Å². The second-order valence-electron chi connectivity index (χ2n) is 3.83. The van der Waals surface area contributed by atoms with Crippen LogP contribution in [0.5, 0.6) is 0 Å². The Morgan fingerprint density at radius 2 is 2.17 bits per heavy atom. The van der Waals surface area contributed by atoms with Gasteiger partial charge in [0.15, 0.2) is 0 Å². The van der Waals surface area contributed by atoms with Crippen molar-refractivity contribution in [3.8, 4) is 0 Å². The molecule has 5 heteroatoms. The predicted octanol–water partition coefficient (Wildman–Crippen LogP) is 1.89. The zero-order valence-corrected chi connectivity index (χ0v) is 9.73. The number of hydrogen-bond acceptors (Lipinski definition) is 3. The summed E-state index contributed by atoms with van der Waals surface area (Å²) in [5.74, 6) is -0.747.